The molecule has 0 bridgehead atoms. The zero-order valence-electron chi connectivity index (χ0n) is 15.3. The molecule has 0 aliphatic rings. The third kappa shape index (κ3) is 4.75. The number of carbonyl (C=O) groups is 2. The van der Waals surface area contributed by atoms with E-state index in [9.17, 15) is 19.7 Å². The van der Waals surface area contributed by atoms with E-state index >= 15 is 0 Å². The fourth-order valence-corrected chi connectivity index (χ4v) is 2.78. The molecule has 146 valence electrons. The first-order valence-electron chi connectivity index (χ1n) is 8.72. The van der Waals surface area contributed by atoms with Gasteiger partial charge >= 0.3 is 0 Å². The summed E-state index contributed by atoms with van der Waals surface area (Å²) in [5.41, 5.74) is 6.96. The van der Waals surface area contributed by atoms with Crippen LogP contribution in [0.4, 0.5) is 17.1 Å². The van der Waals surface area contributed by atoms with E-state index in [4.69, 9.17) is 5.73 Å². The Labute approximate surface area is 166 Å². The molecule has 3 aromatic carbocycles. The molecule has 0 aromatic heterocycles. The van der Waals surface area contributed by atoms with Gasteiger partial charge in [0.2, 0.25) is 5.91 Å². The minimum absolute atomic E-state index is 0.0584. The van der Waals surface area contributed by atoms with Gasteiger partial charge in [-0.15, -0.1) is 0 Å². The van der Waals surface area contributed by atoms with Crippen LogP contribution in [0, 0.1) is 10.1 Å². The number of nitrogens with one attached hydrogen (secondary N) is 2. The molecule has 0 heterocycles. The molecule has 0 fully saturated rings. The molecule has 0 unspecified atom stereocenters. The number of nitro benzene ring substituents is 1. The summed E-state index contributed by atoms with van der Waals surface area (Å²) in [6.45, 7) is 0.0883. The van der Waals surface area contributed by atoms with Crippen molar-refractivity contribution in [1.29, 1.82) is 0 Å². The van der Waals surface area contributed by atoms with Crippen molar-refractivity contribution in [3.05, 3.63) is 99.6 Å². The fourth-order valence-electron chi connectivity index (χ4n) is 2.78. The first-order chi connectivity index (χ1) is 14.0. The minimum atomic E-state index is -0.740. The lowest BCUT2D eigenvalue weighted by atomic mass is 10.1. The van der Waals surface area contributed by atoms with E-state index in [0.717, 1.165) is 6.07 Å². The number of para-hydroxylation sites is 2. The maximum Gasteiger partial charge on any atom is 0.275 e. The molecule has 0 saturated heterocycles. The number of amides is 2. The SMILES string of the molecule is NC(=O)c1ccc(CNc2ccccc2C(=O)Nc2ccccc2)c([N+](=O)[O-])c1. The zero-order valence-corrected chi connectivity index (χ0v) is 15.3. The van der Waals surface area contributed by atoms with Crippen LogP contribution in [-0.2, 0) is 6.54 Å². The number of hydrogen-bond acceptors (Lipinski definition) is 5. The number of rotatable bonds is 7. The highest BCUT2D eigenvalue weighted by atomic mass is 16.6. The van der Waals surface area contributed by atoms with Crippen LogP contribution in [0.2, 0.25) is 0 Å². The number of nitro groups is 1. The van der Waals surface area contributed by atoms with Crippen molar-refractivity contribution in [2.75, 3.05) is 10.6 Å². The van der Waals surface area contributed by atoms with Gasteiger partial charge in [0.1, 0.15) is 0 Å². The summed E-state index contributed by atoms with van der Waals surface area (Å²) in [6.07, 6.45) is 0. The second kappa shape index (κ2) is 8.66. The molecule has 4 N–H and O–H groups in total. The van der Waals surface area contributed by atoms with Crippen molar-refractivity contribution in [2.45, 2.75) is 6.54 Å². The Balaban J connectivity index is 1.81. The molecule has 0 spiro atoms. The predicted octanol–water partition coefficient (Wildman–Crippen LogP) is 3.56. The Morgan fingerprint density at radius 1 is 0.966 bits per heavy atom. The molecule has 3 aromatic rings. The first-order valence-corrected chi connectivity index (χ1v) is 8.72. The van der Waals surface area contributed by atoms with Crippen LogP contribution in [0.1, 0.15) is 26.3 Å². The average Bonchev–Trinajstić information content (AvgIpc) is 2.72. The third-order valence-electron chi connectivity index (χ3n) is 4.24. The van der Waals surface area contributed by atoms with E-state index in [1.807, 2.05) is 18.2 Å². The number of primary amides is 1. The Kier molecular flexibility index (Phi) is 5.84. The lowest BCUT2D eigenvalue weighted by molar-refractivity contribution is -0.385. The normalized spacial score (nSPS) is 10.2. The quantitative estimate of drug-likeness (QED) is 0.420. The van der Waals surface area contributed by atoms with Crippen molar-refractivity contribution in [1.82, 2.24) is 0 Å². The molecule has 0 atom stereocenters. The van der Waals surface area contributed by atoms with E-state index in [-0.39, 0.29) is 23.7 Å². The number of nitrogens with two attached hydrogens (primary N) is 1. The lowest BCUT2D eigenvalue weighted by Crippen LogP contribution is -2.15. The highest BCUT2D eigenvalue weighted by Crippen LogP contribution is 2.23. The Hall–Kier alpha value is -4.20. The van der Waals surface area contributed by atoms with Crippen molar-refractivity contribution in [2.24, 2.45) is 5.73 Å². The van der Waals surface area contributed by atoms with Crippen LogP contribution in [0.15, 0.2) is 72.8 Å². The molecule has 29 heavy (non-hydrogen) atoms. The second-order valence-corrected chi connectivity index (χ2v) is 6.18. The van der Waals surface area contributed by atoms with Crippen LogP contribution in [0.5, 0.6) is 0 Å². The predicted molar refractivity (Wildman–Crippen MR) is 110 cm³/mol. The molecule has 0 saturated carbocycles. The number of nitrogens with zero attached hydrogens (tertiary/aromatic N) is 1. The first kappa shape index (κ1) is 19.6. The van der Waals surface area contributed by atoms with E-state index in [1.165, 1.54) is 12.1 Å². The summed E-state index contributed by atoms with van der Waals surface area (Å²) in [4.78, 5) is 34.7. The molecular formula is C21H18N4O4. The van der Waals surface area contributed by atoms with Gasteiger partial charge < -0.3 is 16.4 Å². The number of carbonyl (C=O) groups excluding carboxylic acids is 2. The summed E-state index contributed by atoms with van der Waals surface area (Å²) in [5.74, 6) is -1.05. The molecular weight excluding hydrogens is 372 g/mol. The fraction of sp³-hybridized carbons (Fsp3) is 0.0476. The molecule has 0 aliphatic carbocycles. The Morgan fingerprint density at radius 2 is 1.66 bits per heavy atom. The van der Waals surface area contributed by atoms with Gasteiger partial charge in [-0.05, 0) is 36.4 Å². The second-order valence-electron chi connectivity index (χ2n) is 6.18. The van der Waals surface area contributed by atoms with E-state index in [2.05, 4.69) is 10.6 Å². The molecule has 0 aliphatic heterocycles. The van der Waals surface area contributed by atoms with Crippen LogP contribution in [0.3, 0.4) is 0 Å². The van der Waals surface area contributed by atoms with Gasteiger partial charge in [-0.1, -0.05) is 30.3 Å². The third-order valence-corrected chi connectivity index (χ3v) is 4.24. The van der Waals surface area contributed by atoms with E-state index in [1.54, 1.807) is 36.4 Å². The van der Waals surface area contributed by atoms with Crippen molar-refractivity contribution >= 4 is 28.9 Å². The number of anilines is 2. The summed E-state index contributed by atoms with van der Waals surface area (Å²) >= 11 is 0. The van der Waals surface area contributed by atoms with Gasteiger partial charge in [0.25, 0.3) is 11.6 Å². The number of benzene rings is 3. The van der Waals surface area contributed by atoms with Crippen molar-refractivity contribution in [3.63, 3.8) is 0 Å². The van der Waals surface area contributed by atoms with Gasteiger partial charge in [0.05, 0.1) is 10.5 Å². The van der Waals surface area contributed by atoms with Crippen LogP contribution < -0.4 is 16.4 Å². The standard InChI is InChI=1S/C21H18N4O4/c22-20(26)14-10-11-15(19(12-14)25(28)29)13-23-18-9-5-4-8-17(18)21(27)24-16-6-2-1-3-7-16/h1-12,23H,13H2,(H2,22,26)(H,24,27). The topological polar surface area (TPSA) is 127 Å². The van der Waals surface area contributed by atoms with Gasteiger partial charge in [0.15, 0.2) is 0 Å². The molecule has 0 radical (unpaired) electrons. The van der Waals surface area contributed by atoms with Gasteiger partial charge in [-0.25, -0.2) is 0 Å². The van der Waals surface area contributed by atoms with Gasteiger partial charge in [-0.2, -0.15) is 0 Å². The minimum Gasteiger partial charge on any atom is -0.380 e. The van der Waals surface area contributed by atoms with E-state index < -0.39 is 10.8 Å². The van der Waals surface area contributed by atoms with E-state index in [0.29, 0.717) is 22.5 Å². The summed E-state index contributed by atoms with van der Waals surface area (Å²) < 4.78 is 0. The van der Waals surface area contributed by atoms with Crippen molar-refractivity contribution < 1.29 is 14.5 Å². The number of hydrogen-bond donors (Lipinski definition) is 3. The summed E-state index contributed by atoms with van der Waals surface area (Å²) in [5, 5.41) is 17.2. The highest BCUT2D eigenvalue weighted by Gasteiger charge is 2.17. The molecule has 8 heteroatoms. The summed E-state index contributed by atoms with van der Waals surface area (Å²) in [6, 6.07) is 19.9. The van der Waals surface area contributed by atoms with Gasteiger partial charge in [0, 0.05) is 35.1 Å². The van der Waals surface area contributed by atoms with Gasteiger partial charge in [-0.3, -0.25) is 19.7 Å². The Bertz CT molecular complexity index is 1070. The maximum absolute atomic E-state index is 12.6. The van der Waals surface area contributed by atoms with Crippen LogP contribution in [0.25, 0.3) is 0 Å². The average molecular weight is 390 g/mol. The monoisotopic (exact) mass is 390 g/mol. The lowest BCUT2D eigenvalue weighted by Gasteiger charge is -2.13. The zero-order chi connectivity index (χ0) is 20.8. The highest BCUT2D eigenvalue weighted by molar-refractivity contribution is 6.08. The molecule has 3 rings (SSSR count). The smallest absolute Gasteiger partial charge is 0.275 e. The van der Waals surface area contributed by atoms with Crippen molar-refractivity contribution in [3.8, 4) is 0 Å². The summed E-state index contributed by atoms with van der Waals surface area (Å²) in [7, 11) is 0. The molecule has 2 amide bonds. The largest absolute Gasteiger partial charge is 0.380 e. The maximum atomic E-state index is 12.6. The van der Waals surface area contributed by atoms with Crippen LogP contribution >= 0.6 is 0 Å². The van der Waals surface area contributed by atoms with Crippen LogP contribution in [-0.4, -0.2) is 16.7 Å². The molecule has 8 nitrogen and oxygen atoms in total. The Morgan fingerprint density at radius 3 is 2.34 bits per heavy atom.